The van der Waals surface area contributed by atoms with Crippen molar-refractivity contribution in [3.63, 3.8) is 0 Å². The first-order valence-electron chi connectivity index (χ1n) is 6.79. The van der Waals surface area contributed by atoms with Gasteiger partial charge in [-0.3, -0.25) is 0 Å². The van der Waals surface area contributed by atoms with Crippen molar-refractivity contribution in [3.8, 4) is 0 Å². The van der Waals surface area contributed by atoms with Crippen LogP contribution >= 0.6 is 8.58 Å². The predicted molar refractivity (Wildman–Crippen MR) is 77.3 cm³/mol. The molecule has 2 unspecified atom stereocenters. The molecule has 17 heavy (non-hydrogen) atoms. The third kappa shape index (κ3) is 10.8. The zero-order valence-electron chi connectivity index (χ0n) is 12.1. The van der Waals surface area contributed by atoms with Crippen molar-refractivity contribution in [2.24, 2.45) is 11.3 Å². The summed E-state index contributed by atoms with van der Waals surface area (Å²) in [5.74, 6) is 0.554. The molecule has 0 aliphatic rings. The van der Waals surface area contributed by atoms with Crippen molar-refractivity contribution in [1.82, 2.24) is 0 Å². The van der Waals surface area contributed by atoms with Gasteiger partial charge in [-0.15, -0.1) is 0 Å². The minimum absolute atomic E-state index is 0.00475. The smallest absolute Gasteiger partial charge is 0.323 e. The lowest BCUT2D eigenvalue weighted by Gasteiger charge is -2.18. The highest BCUT2D eigenvalue weighted by molar-refractivity contribution is 7.57. The van der Waals surface area contributed by atoms with Crippen molar-refractivity contribution in [3.05, 3.63) is 0 Å². The normalized spacial score (nSPS) is 14.2. The molecule has 0 N–H and O–H groups in total. The van der Waals surface area contributed by atoms with Gasteiger partial charge in [0.25, 0.3) is 0 Å². The summed E-state index contributed by atoms with van der Waals surface area (Å²) in [5.41, 5.74) is 0.221. The Bertz CT molecular complexity index is 209. The number of rotatable bonds is 8. The first-order chi connectivity index (χ1) is 7.89. The topological polar surface area (TPSA) is 26.3 Å². The minimum atomic E-state index is -0.00475. The Morgan fingerprint density at radius 1 is 1.29 bits per heavy atom. The molecule has 0 fully saturated rings. The molecule has 0 radical (unpaired) electrons. The zero-order chi connectivity index (χ0) is 13.3. The average Bonchev–Trinajstić information content (AvgIpc) is 2.25. The SMILES string of the molecule is CCCCC(CC)COC(=O)PCC(C)(C)C. The molecule has 3 heteroatoms. The van der Waals surface area contributed by atoms with Crippen molar-refractivity contribution in [1.29, 1.82) is 0 Å². The molecule has 0 aromatic heterocycles. The molecule has 0 bridgehead atoms. The summed E-state index contributed by atoms with van der Waals surface area (Å²) in [5, 5.41) is 0. The third-order valence-electron chi connectivity index (χ3n) is 2.76. The van der Waals surface area contributed by atoms with E-state index in [0.29, 0.717) is 21.1 Å². The van der Waals surface area contributed by atoms with Gasteiger partial charge in [-0.2, -0.15) is 0 Å². The fraction of sp³-hybridized carbons (Fsp3) is 0.929. The first-order valence-corrected chi connectivity index (χ1v) is 8.00. The number of carbonyl (C=O) groups is 1. The van der Waals surface area contributed by atoms with Crippen LogP contribution in [0.3, 0.4) is 0 Å². The third-order valence-corrected chi connectivity index (χ3v) is 4.43. The van der Waals surface area contributed by atoms with Gasteiger partial charge in [-0.25, -0.2) is 4.79 Å². The van der Waals surface area contributed by atoms with Crippen LogP contribution in [0.5, 0.6) is 0 Å². The molecule has 2 nitrogen and oxygen atoms in total. The molecule has 0 amide bonds. The van der Waals surface area contributed by atoms with Gasteiger partial charge in [0, 0.05) is 0 Å². The van der Waals surface area contributed by atoms with Gasteiger partial charge >= 0.3 is 5.71 Å². The van der Waals surface area contributed by atoms with Crippen molar-refractivity contribution in [2.75, 3.05) is 12.8 Å². The van der Waals surface area contributed by atoms with Gasteiger partial charge in [-0.05, 0) is 32.5 Å². The Labute approximate surface area is 109 Å². The molecular weight excluding hydrogens is 231 g/mol. The van der Waals surface area contributed by atoms with Gasteiger partial charge in [0.2, 0.25) is 0 Å². The molecule has 2 atom stereocenters. The van der Waals surface area contributed by atoms with E-state index in [1.165, 1.54) is 19.3 Å². The maximum Gasteiger partial charge on any atom is 0.323 e. The first kappa shape index (κ1) is 16.9. The molecule has 0 saturated heterocycles. The molecule has 0 saturated carbocycles. The Morgan fingerprint density at radius 2 is 1.94 bits per heavy atom. The van der Waals surface area contributed by atoms with Crippen LogP contribution in [0.15, 0.2) is 0 Å². The minimum Gasteiger partial charge on any atom is -0.462 e. The highest BCUT2D eigenvalue weighted by Gasteiger charge is 2.15. The highest BCUT2D eigenvalue weighted by atomic mass is 31.1. The maximum absolute atomic E-state index is 11.6. The number of hydrogen-bond acceptors (Lipinski definition) is 2. The molecule has 0 aromatic carbocycles. The van der Waals surface area contributed by atoms with Gasteiger partial charge in [0.15, 0.2) is 0 Å². The monoisotopic (exact) mass is 260 g/mol. The fourth-order valence-electron chi connectivity index (χ4n) is 1.48. The van der Waals surface area contributed by atoms with E-state index in [9.17, 15) is 4.79 Å². The van der Waals surface area contributed by atoms with Crippen LogP contribution in [-0.2, 0) is 4.74 Å². The largest absolute Gasteiger partial charge is 0.462 e. The van der Waals surface area contributed by atoms with E-state index in [-0.39, 0.29) is 11.1 Å². The summed E-state index contributed by atoms with van der Waals surface area (Å²) in [6.07, 6.45) is 5.67. The second kappa shape index (κ2) is 8.91. The van der Waals surface area contributed by atoms with Crippen LogP contribution in [0, 0.1) is 11.3 Å². The van der Waals surface area contributed by atoms with Gasteiger partial charge < -0.3 is 4.74 Å². The lowest BCUT2D eigenvalue weighted by molar-refractivity contribution is 0.147. The van der Waals surface area contributed by atoms with E-state index < -0.39 is 0 Å². The summed E-state index contributed by atoms with van der Waals surface area (Å²) >= 11 is 0. The lowest BCUT2D eigenvalue weighted by atomic mass is 10.0. The van der Waals surface area contributed by atoms with Gasteiger partial charge in [0.1, 0.15) is 0 Å². The summed E-state index contributed by atoms with van der Waals surface area (Å²) in [6, 6.07) is 0. The van der Waals surface area contributed by atoms with Crippen LogP contribution in [0.4, 0.5) is 4.79 Å². The van der Waals surface area contributed by atoms with Crippen LogP contribution in [0.2, 0.25) is 0 Å². The second-order valence-electron chi connectivity index (χ2n) is 5.93. The molecule has 0 rings (SSSR count). The Kier molecular flexibility index (Phi) is 8.86. The fourth-order valence-corrected chi connectivity index (χ4v) is 2.34. The molecular formula is C14H29O2P. The summed E-state index contributed by atoms with van der Waals surface area (Å²) in [4.78, 5) is 11.6. The molecule has 0 spiro atoms. The Morgan fingerprint density at radius 3 is 2.41 bits per heavy atom. The van der Waals surface area contributed by atoms with Crippen molar-refractivity contribution >= 4 is 14.3 Å². The van der Waals surface area contributed by atoms with Crippen LogP contribution in [0.25, 0.3) is 0 Å². The van der Waals surface area contributed by atoms with E-state index >= 15 is 0 Å². The van der Waals surface area contributed by atoms with Crippen LogP contribution < -0.4 is 0 Å². The number of ether oxygens (including phenoxy) is 1. The van der Waals surface area contributed by atoms with E-state index in [1.807, 2.05) is 0 Å². The highest BCUT2D eigenvalue weighted by Crippen LogP contribution is 2.27. The van der Waals surface area contributed by atoms with E-state index in [4.69, 9.17) is 4.74 Å². The predicted octanol–water partition coefficient (Wildman–Crippen LogP) is 5.06. The Hall–Kier alpha value is -0.100. The molecule has 0 heterocycles. The molecule has 0 aliphatic carbocycles. The van der Waals surface area contributed by atoms with Crippen LogP contribution in [-0.4, -0.2) is 18.5 Å². The molecule has 102 valence electrons. The summed E-state index contributed by atoms with van der Waals surface area (Å²) in [6.45, 7) is 11.5. The summed E-state index contributed by atoms with van der Waals surface area (Å²) < 4.78 is 5.36. The number of unbranched alkanes of at least 4 members (excludes halogenated alkanes) is 1. The van der Waals surface area contributed by atoms with Gasteiger partial charge in [-0.1, -0.05) is 53.9 Å². The van der Waals surface area contributed by atoms with E-state index in [0.717, 1.165) is 12.6 Å². The van der Waals surface area contributed by atoms with E-state index in [1.54, 1.807) is 0 Å². The van der Waals surface area contributed by atoms with Crippen molar-refractivity contribution in [2.45, 2.75) is 60.3 Å². The molecule has 0 aromatic rings. The summed E-state index contributed by atoms with van der Waals surface area (Å²) in [7, 11) is 0.300. The quantitative estimate of drug-likeness (QED) is 0.570. The molecule has 0 aliphatic heterocycles. The maximum atomic E-state index is 11.6. The standard InChI is InChI=1S/C14H29O2P/c1-6-8-9-12(7-2)10-16-13(15)17-11-14(3,4)5/h12,17H,6-11H2,1-5H3. The Balaban J connectivity index is 3.73. The van der Waals surface area contributed by atoms with Crippen LogP contribution in [0.1, 0.15) is 60.3 Å². The zero-order valence-corrected chi connectivity index (χ0v) is 13.1. The number of hydrogen-bond donors (Lipinski definition) is 0. The van der Waals surface area contributed by atoms with Gasteiger partial charge in [0.05, 0.1) is 6.61 Å². The number of carbonyl (C=O) groups excluding carboxylic acids is 1. The second-order valence-corrected chi connectivity index (χ2v) is 7.04. The lowest BCUT2D eigenvalue weighted by Crippen LogP contribution is -2.13. The van der Waals surface area contributed by atoms with E-state index in [2.05, 4.69) is 34.6 Å². The average molecular weight is 260 g/mol. The van der Waals surface area contributed by atoms with Crippen molar-refractivity contribution < 1.29 is 9.53 Å².